The molecule has 0 saturated carbocycles. The molecular formula is C30H33NO4S2. The van der Waals surface area contributed by atoms with Crippen LogP contribution in [0, 0.1) is 0 Å². The summed E-state index contributed by atoms with van der Waals surface area (Å²) >= 11 is 3.27. The monoisotopic (exact) mass is 535 g/mol. The van der Waals surface area contributed by atoms with Crippen LogP contribution < -0.4 is 24.3 Å². The van der Waals surface area contributed by atoms with Gasteiger partial charge in [0.25, 0.3) is 0 Å². The number of anilines is 1. The molecule has 0 aliphatic carbocycles. The van der Waals surface area contributed by atoms with Crippen LogP contribution in [0.4, 0.5) is 5.69 Å². The third kappa shape index (κ3) is 4.87. The minimum atomic E-state index is -0.315. The minimum absolute atomic E-state index is 0.143. The van der Waals surface area contributed by atoms with E-state index in [9.17, 15) is 0 Å². The Morgan fingerprint density at radius 2 is 1.76 bits per heavy atom. The first-order valence-electron chi connectivity index (χ1n) is 12.2. The Balaban J connectivity index is 1.74. The fourth-order valence-electron chi connectivity index (χ4n) is 5.29. The first-order valence-corrected chi connectivity index (χ1v) is 15.0. The Labute approximate surface area is 227 Å². The van der Waals surface area contributed by atoms with Crippen LogP contribution in [0.3, 0.4) is 0 Å². The molecule has 3 aromatic carbocycles. The van der Waals surface area contributed by atoms with Crippen molar-refractivity contribution >= 4 is 34.8 Å². The predicted octanol–water partition coefficient (Wildman–Crippen LogP) is 7.85. The molecule has 37 heavy (non-hydrogen) atoms. The molecule has 2 heterocycles. The molecule has 194 valence electrons. The number of rotatable bonds is 8. The van der Waals surface area contributed by atoms with Crippen LogP contribution in [0.2, 0.25) is 0 Å². The number of ether oxygens (including phenoxy) is 4. The molecule has 0 saturated heterocycles. The second-order valence-corrected chi connectivity index (χ2v) is 11.4. The number of thioether (sulfide) groups is 2. The van der Waals surface area contributed by atoms with E-state index in [-0.39, 0.29) is 11.6 Å². The number of benzene rings is 3. The Bertz CT molecular complexity index is 1350. The molecule has 0 fully saturated rings. The summed E-state index contributed by atoms with van der Waals surface area (Å²) in [5.41, 5.74) is 7.50. The third-order valence-corrected chi connectivity index (χ3v) is 7.28. The summed E-state index contributed by atoms with van der Waals surface area (Å²) < 4.78 is 24.7. The van der Waals surface area contributed by atoms with Crippen molar-refractivity contribution in [3.05, 3.63) is 71.3 Å². The summed E-state index contributed by atoms with van der Waals surface area (Å²) in [6, 6.07) is 16.5. The molecule has 5 nitrogen and oxygen atoms in total. The van der Waals surface area contributed by atoms with Crippen molar-refractivity contribution in [3.8, 4) is 34.1 Å². The van der Waals surface area contributed by atoms with Gasteiger partial charge in [0.15, 0.2) is 17.6 Å². The second-order valence-electron chi connectivity index (χ2n) is 9.77. The molecule has 0 spiro atoms. The summed E-state index contributed by atoms with van der Waals surface area (Å²) in [7, 11) is 1.69. The van der Waals surface area contributed by atoms with Crippen LogP contribution >= 0.6 is 23.5 Å². The Morgan fingerprint density at radius 1 is 0.973 bits per heavy atom. The van der Waals surface area contributed by atoms with Gasteiger partial charge in [-0.15, -0.1) is 23.5 Å². The normalized spacial score (nSPS) is 16.8. The molecule has 2 aliphatic rings. The summed E-state index contributed by atoms with van der Waals surface area (Å²) in [4.78, 5) is 0. The zero-order valence-corrected chi connectivity index (χ0v) is 23.8. The average molecular weight is 536 g/mol. The molecule has 2 aliphatic heterocycles. The molecule has 7 heteroatoms. The molecule has 1 unspecified atom stereocenters. The van der Waals surface area contributed by atoms with Crippen molar-refractivity contribution < 1.29 is 18.9 Å². The zero-order valence-electron chi connectivity index (χ0n) is 22.1. The lowest BCUT2D eigenvalue weighted by molar-refractivity contribution is 0.240. The van der Waals surface area contributed by atoms with Gasteiger partial charge in [0.05, 0.1) is 18.2 Å². The Morgan fingerprint density at radius 3 is 2.51 bits per heavy atom. The van der Waals surface area contributed by atoms with Gasteiger partial charge in [0.2, 0.25) is 0 Å². The lowest BCUT2D eigenvalue weighted by Gasteiger charge is -2.37. The fourth-order valence-corrected chi connectivity index (χ4v) is 5.79. The van der Waals surface area contributed by atoms with Crippen molar-refractivity contribution in [1.82, 2.24) is 0 Å². The van der Waals surface area contributed by atoms with Gasteiger partial charge in [-0.3, -0.25) is 0 Å². The van der Waals surface area contributed by atoms with E-state index >= 15 is 0 Å². The van der Waals surface area contributed by atoms with E-state index in [1.165, 1.54) is 11.1 Å². The van der Waals surface area contributed by atoms with Gasteiger partial charge in [-0.05, 0) is 74.8 Å². The standard InChI is InChI=1S/C30H33NO4S2/c1-18-15-30(2,3)31-22-11-10-21-26-23(12-13-24(29(26)32-4)34-17-37-6)35-28(27(21)25(18)22)19-8-7-9-20(14-19)33-16-36-5/h7-15,28,31H,16-17H2,1-6H3. The van der Waals surface area contributed by atoms with Gasteiger partial charge in [-0.2, -0.15) is 0 Å². The first kappa shape index (κ1) is 25.7. The van der Waals surface area contributed by atoms with Gasteiger partial charge in [0.1, 0.15) is 23.4 Å². The van der Waals surface area contributed by atoms with Crippen LogP contribution in [0.15, 0.2) is 54.6 Å². The molecule has 0 aromatic heterocycles. The number of methoxy groups -OCH3 is 1. The first-order chi connectivity index (χ1) is 17.9. The van der Waals surface area contributed by atoms with Crippen LogP contribution in [0.5, 0.6) is 23.0 Å². The van der Waals surface area contributed by atoms with E-state index in [2.05, 4.69) is 56.4 Å². The van der Waals surface area contributed by atoms with Crippen molar-refractivity contribution in [3.63, 3.8) is 0 Å². The van der Waals surface area contributed by atoms with E-state index < -0.39 is 0 Å². The molecule has 1 atom stereocenters. The Kier molecular flexibility index (Phi) is 7.28. The summed E-state index contributed by atoms with van der Waals surface area (Å²) in [5, 5.41) is 3.70. The van der Waals surface area contributed by atoms with E-state index in [4.69, 9.17) is 18.9 Å². The predicted molar refractivity (Wildman–Crippen MR) is 157 cm³/mol. The number of nitrogens with one attached hydrogen (secondary N) is 1. The molecule has 3 aromatic rings. The van der Waals surface area contributed by atoms with Crippen LogP contribution in [0.25, 0.3) is 16.7 Å². The van der Waals surface area contributed by atoms with Gasteiger partial charge < -0.3 is 24.3 Å². The average Bonchev–Trinajstić information content (AvgIpc) is 2.88. The smallest absolute Gasteiger partial charge is 0.172 e. The van der Waals surface area contributed by atoms with Gasteiger partial charge in [0, 0.05) is 22.4 Å². The van der Waals surface area contributed by atoms with E-state index in [0.717, 1.165) is 39.4 Å². The van der Waals surface area contributed by atoms with E-state index in [1.807, 2.05) is 36.8 Å². The lowest BCUT2D eigenvalue weighted by atomic mass is 9.80. The van der Waals surface area contributed by atoms with Gasteiger partial charge >= 0.3 is 0 Å². The van der Waals surface area contributed by atoms with Crippen molar-refractivity contribution in [1.29, 1.82) is 0 Å². The van der Waals surface area contributed by atoms with Gasteiger partial charge in [-0.25, -0.2) is 0 Å². The third-order valence-electron chi connectivity index (χ3n) is 6.57. The molecule has 5 rings (SSSR count). The second kappa shape index (κ2) is 10.5. The summed E-state index contributed by atoms with van der Waals surface area (Å²) in [6.45, 7) is 6.56. The number of fused-ring (bicyclic) bond motifs is 5. The van der Waals surface area contributed by atoms with Crippen molar-refractivity contribution in [2.45, 2.75) is 32.4 Å². The minimum Gasteiger partial charge on any atom is -0.492 e. The highest BCUT2D eigenvalue weighted by Gasteiger charge is 2.36. The zero-order chi connectivity index (χ0) is 26.2. The highest BCUT2D eigenvalue weighted by atomic mass is 32.2. The summed E-state index contributed by atoms with van der Waals surface area (Å²) in [5.74, 6) is 4.14. The maximum atomic E-state index is 6.82. The molecular weight excluding hydrogens is 502 g/mol. The van der Waals surface area contributed by atoms with Crippen molar-refractivity contribution in [2.24, 2.45) is 0 Å². The largest absolute Gasteiger partial charge is 0.492 e. The molecule has 0 bridgehead atoms. The molecule has 0 radical (unpaired) electrons. The molecule has 0 amide bonds. The number of allylic oxidation sites excluding steroid dienone is 1. The maximum absolute atomic E-state index is 6.82. The highest BCUT2D eigenvalue weighted by Crippen LogP contribution is 2.55. The van der Waals surface area contributed by atoms with Crippen LogP contribution in [-0.4, -0.2) is 37.0 Å². The Hall–Kier alpha value is -2.90. The van der Waals surface area contributed by atoms with Crippen molar-refractivity contribution in [2.75, 3.05) is 36.8 Å². The quantitative estimate of drug-likeness (QED) is 0.295. The lowest BCUT2D eigenvalue weighted by Crippen LogP contribution is -2.32. The topological polar surface area (TPSA) is 49.0 Å². The summed E-state index contributed by atoms with van der Waals surface area (Å²) in [6.07, 6.45) is 6.02. The van der Waals surface area contributed by atoms with Gasteiger partial charge in [-0.1, -0.05) is 24.3 Å². The van der Waals surface area contributed by atoms with Crippen LogP contribution in [-0.2, 0) is 0 Å². The van der Waals surface area contributed by atoms with E-state index in [0.29, 0.717) is 23.4 Å². The number of hydrogen-bond donors (Lipinski definition) is 1. The highest BCUT2D eigenvalue weighted by molar-refractivity contribution is 7.98. The fraction of sp³-hybridized carbons (Fsp3) is 0.333. The van der Waals surface area contributed by atoms with Crippen LogP contribution in [0.1, 0.15) is 43.6 Å². The SMILES string of the molecule is COc1c(OCSC)ccc2c1-c1ccc3c(c1C(c1cccc(OCSC)c1)O2)C(C)=CC(C)(C)N3. The van der Waals surface area contributed by atoms with E-state index in [1.54, 1.807) is 30.6 Å². The molecule has 1 N–H and O–H groups in total. The number of hydrogen-bond acceptors (Lipinski definition) is 7. The maximum Gasteiger partial charge on any atom is 0.172 e.